The van der Waals surface area contributed by atoms with Crippen LogP contribution >= 0.6 is 0 Å². The number of ketones is 1. The van der Waals surface area contributed by atoms with Crippen LogP contribution in [0.4, 0.5) is 26.3 Å². The van der Waals surface area contributed by atoms with Crippen LogP contribution in [0.1, 0.15) is 27.2 Å². The monoisotopic (exact) mass is 309 g/mol. The van der Waals surface area contributed by atoms with Gasteiger partial charge < -0.3 is 0 Å². The zero-order valence-corrected chi connectivity index (χ0v) is 9.88. The Bertz CT molecular complexity index is 627. The van der Waals surface area contributed by atoms with Crippen LogP contribution in [-0.2, 0) is 12.4 Å². The van der Waals surface area contributed by atoms with Crippen LogP contribution in [0.2, 0.25) is 0 Å². The number of carbonyl (C=O) groups excluding carboxylic acids is 1. The number of benzene rings is 1. The molecule has 0 amide bonds. The molecule has 4 nitrogen and oxygen atoms in total. The van der Waals surface area contributed by atoms with E-state index in [1.54, 1.807) is 0 Å². The number of halogens is 6. The first-order chi connectivity index (χ1) is 9.59. The van der Waals surface area contributed by atoms with Gasteiger partial charge in [-0.05, 0) is 18.2 Å². The minimum absolute atomic E-state index is 0.0560. The summed E-state index contributed by atoms with van der Waals surface area (Å²) in [4.78, 5) is 11.8. The van der Waals surface area contributed by atoms with Crippen molar-refractivity contribution in [2.45, 2.75) is 12.4 Å². The van der Waals surface area contributed by atoms with Crippen molar-refractivity contribution in [2.75, 3.05) is 0 Å². The molecule has 0 unspecified atom stereocenters. The van der Waals surface area contributed by atoms with Crippen LogP contribution in [0.15, 0.2) is 24.4 Å². The van der Waals surface area contributed by atoms with Crippen molar-refractivity contribution in [2.24, 2.45) is 0 Å². The summed E-state index contributed by atoms with van der Waals surface area (Å²) in [7, 11) is 0. The third-order valence-electron chi connectivity index (χ3n) is 2.50. The highest BCUT2D eigenvalue weighted by Gasteiger charge is 2.37. The molecular formula is C11H5F6N3O. The summed E-state index contributed by atoms with van der Waals surface area (Å²) in [5, 5.41) is 8.57. The Morgan fingerprint density at radius 2 is 1.48 bits per heavy atom. The molecule has 1 N–H and O–H groups in total. The SMILES string of the molecule is O=C(c1cc(C(F)(F)F)cc(C(F)(F)F)c1)c1c[nH]nn1. The molecule has 0 aliphatic rings. The van der Waals surface area contributed by atoms with E-state index >= 15 is 0 Å². The largest absolute Gasteiger partial charge is 0.416 e. The Hall–Kier alpha value is -2.39. The Balaban J connectivity index is 2.58. The number of nitrogens with zero attached hydrogens (tertiary/aromatic N) is 2. The van der Waals surface area contributed by atoms with Crippen molar-refractivity contribution >= 4 is 5.78 Å². The van der Waals surface area contributed by atoms with Gasteiger partial charge in [-0.2, -0.15) is 26.3 Å². The first-order valence-electron chi connectivity index (χ1n) is 5.29. The van der Waals surface area contributed by atoms with E-state index in [1.165, 1.54) is 0 Å². The Kier molecular flexibility index (Phi) is 3.47. The van der Waals surface area contributed by atoms with Crippen LogP contribution in [0, 0.1) is 0 Å². The minimum atomic E-state index is -5.01. The van der Waals surface area contributed by atoms with Gasteiger partial charge in [-0.25, -0.2) is 0 Å². The Labute approximate surface area is 112 Å². The van der Waals surface area contributed by atoms with E-state index in [0.717, 1.165) is 6.20 Å². The molecule has 21 heavy (non-hydrogen) atoms. The molecule has 1 heterocycles. The molecule has 0 atom stereocenters. The van der Waals surface area contributed by atoms with Gasteiger partial charge in [0.1, 0.15) is 0 Å². The van der Waals surface area contributed by atoms with Gasteiger partial charge in [-0.15, -0.1) is 5.10 Å². The van der Waals surface area contributed by atoms with Gasteiger partial charge in [0, 0.05) is 5.56 Å². The summed E-state index contributed by atoms with van der Waals surface area (Å²) in [6, 6.07) is 0.623. The van der Waals surface area contributed by atoms with Crippen LogP contribution in [0.5, 0.6) is 0 Å². The predicted molar refractivity (Wildman–Crippen MR) is 56.3 cm³/mol. The molecule has 112 valence electrons. The third kappa shape index (κ3) is 3.20. The van der Waals surface area contributed by atoms with Crippen LogP contribution in [0.3, 0.4) is 0 Å². The molecule has 1 aromatic heterocycles. The van der Waals surface area contributed by atoms with E-state index < -0.39 is 34.8 Å². The molecule has 2 rings (SSSR count). The van der Waals surface area contributed by atoms with Crippen molar-refractivity contribution in [3.8, 4) is 0 Å². The molecule has 0 saturated heterocycles. The lowest BCUT2D eigenvalue weighted by Gasteiger charge is -2.13. The summed E-state index contributed by atoms with van der Waals surface area (Å²) in [5.41, 5.74) is -4.29. The summed E-state index contributed by atoms with van der Waals surface area (Å²) in [6.45, 7) is 0. The fourth-order valence-corrected chi connectivity index (χ4v) is 1.55. The van der Waals surface area contributed by atoms with Gasteiger partial charge in [0.25, 0.3) is 0 Å². The summed E-state index contributed by atoms with van der Waals surface area (Å²) in [6.07, 6.45) is -9.06. The number of hydrogen-bond acceptors (Lipinski definition) is 3. The number of hydrogen-bond donors (Lipinski definition) is 1. The van der Waals surface area contributed by atoms with E-state index in [1.807, 2.05) is 0 Å². The first-order valence-corrected chi connectivity index (χ1v) is 5.29. The van der Waals surface area contributed by atoms with Gasteiger partial charge in [-0.1, -0.05) is 5.21 Å². The van der Waals surface area contributed by atoms with E-state index in [9.17, 15) is 31.1 Å². The maximum atomic E-state index is 12.6. The molecule has 0 fully saturated rings. The molecule has 2 aromatic rings. The predicted octanol–water partition coefficient (Wildman–Crippen LogP) is 3.07. The van der Waals surface area contributed by atoms with E-state index in [4.69, 9.17) is 0 Å². The quantitative estimate of drug-likeness (QED) is 0.685. The standard InChI is InChI=1S/C11H5F6N3O/c12-10(13,14)6-1-5(2-7(3-6)11(15,16)17)9(21)8-4-18-20-19-8/h1-4H,(H,18,19,20). The second-order valence-electron chi connectivity index (χ2n) is 3.98. The van der Waals surface area contributed by atoms with E-state index in [-0.39, 0.29) is 11.8 Å². The number of aromatic amines is 1. The Morgan fingerprint density at radius 3 is 1.86 bits per heavy atom. The molecule has 10 heteroatoms. The smallest absolute Gasteiger partial charge is 0.287 e. The number of aromatic nitrogens is 3. The second-order valence-corrected chi connectivity index (χ2v) is 3.98. The first kappa shape index (κ1) is 15.0. The highest BCUT2D eigenvalue weighted by atomic mass is 19.4. The number of rotatable bonds is 2. The van der Waals surface area contributed by atoms with Crippen LogP contribution < -0.4 is 0 Å². The molecule has 0 bridgehead atoms. The maximum absolute atomic E-state index is 12.6. The van der Waals surface area contributed by atoms with E-state index in [0.29, 0.717) is 12.1 Å². The van der Waals surface area contributed by atoms with Gasteiger partial charge in [0.05, 0.1) is 17.3 Å². The number of alkyl halides is 6. The lowest BCUT2D eigenvalue weighted by atomic mass is 10.0. The fraction of sp³-hybridized carbons (Fsp3) is 0.182. The van der Waals surface area contributed by atoms with Crippen LogP contribution in [0.25, 0.3) is 0 Å². The number of H-pyrrole nitrogens is 1. The second kappa shape index (κ2) is 4.86. The molecule has 0 aliphatic carbocycles. The molecule has 0 aliphatic heterocycles. The van der Waals surface area contributed by atoms with E-state index in [2.05, 4.69) is 15.4 Å². The summed E-state index contributed by atoms with van der Waals surface area (Å²) in [5.74, 6) is -1.10. The van der Waals surface area contributed by atoms with Gasteiger partial charge in [-0.3, -0.25) is 9.89 Å². The van der Waals surface area contributed by atoms with Crippen molar-refractivity contribution in [1.82, 2.24) is 15.4 Å². The number of carbonyl (C=O) groups is 1. The topological polar surface area (TPSA) is 58.6 Å². The van der Waals surface area contributed by atoms with Crippen molar-refractivity contribution < 1.29 is 31.1 Å². The number of nitrogens with one attached hydrogen (secondary N) is 1. The Morgan fingerprint density at radius 1 is 0.952 bits per heavy atom. The lowest BCUT2D eigenvalue weighted by Crippen LogP contribution is -2.14. The highest BCUT2D eigenvalue weighted by molar-refractivity contribution is 6.07. The van der Waals surface area contributed by atoms with Gasteiger partial charge >= 0.3 is 12.4 Å². The highest BCUT2D eigenvalue weighted by Crippen LogP contribution is 2.36. The summed E-state index contributed by atoms with van der Waals surface area (Å²) >= 11 is 0. The third-order valence-corrected chi connectivity index (χ3v) is 2.50. The summed E-state index contributed by atoms with van der Waals surface area (Å²) < 4.78 is 75.8. The average molecular weight is 309 g/mol. The lowest BCUT2D eigenvalue weighted by molar-refractivity contribution is -0.143. The minimum Gasteiger partial charge on any atom is -0.287 e. The fourth-order valence-electron chi connectivity index (χ4n) is 1.55. The zero-order valence-electron chi connectivity index (χ0n) is 9.88. The molecule has 0 saturated carbocycles. The van der Waals surface area contributed by atoms with Crippen molar-refractivity contribution in [3.63, 3.8) is 0 Å². The zero-order chi connectivity index (χ0) is 15.8. The molecule has 0 spiro atoms. The van der Waals surface area contributed by atoms with Crippen molar-refractivity contribution in [3.05, 3.63) is 46.8 Å². The molecule has 1 aromatic carbocycles. The molecule has 0 radical (unpaired) electrons. The van der Waals surface area contributed by atoms with Gasteiger partial charge in [0.2, 0.25) is 5.78 Å². The molecular weight excluding hydrogens is 304 g/mol. The van der Waals surface area contributed by atoms with Gasteiger partial charge in [0.15, 0.2) is 5.69 Å². The van der Waals surface area contributed by atoms with Crippen molar-refractivity contribution in [1.29, 1.82) is 0 Å². The normalized spacial score (nSPS) is 12.5. The van der Waals surface area contributed by atoms with Crippen LogP contribution in [-0.4, -0.2) is 21.2 Å². The average Bonchev–Trinajstić information content (AvgIpc) is 2.89. The maximum Gasteiger partial charge on any atom is 0.416 e.